The summed E-state index contributed by atoms with van der Waals surface area (Å²) in [6, 6.07) is 12.1. The van der Waals surface area contributed by atoms with Crippen molar-refractivity contribution in [1.29, 1.82) is 0 Å². The van der Waals surface area contributed by atoms with Crippen LogP contribution in [-0.4, -0.2) is 33.6 Å². The third-order valence-corrected chi connectivity index (χ3v) is 7.64. The van der Waals surface area contributed by atoms with E-state index in [4.69, 9.17) is 10.7 Å². The first-order valence-corrected chi connectivity index (χ1v) is 13.5. The molecule has 0 saturated carbocycles. The van der Waals surface area contributed by atoms with Crippen LogP contribution in [0.3, 0.4) is 0 Å². The van der Waals surface area contributed by atoms with Gasteiger partial charge in [-0.3, -0.25) is 19.3 Å². The smallest absolute Gasteiger partial charge is 0.261 e. The van der Waals surface area contributed by atoms with Gasteiger partial charge in [-0.15, -0.1) is 0 Å². The number of hydrogen-bond acceptors (Lipinski definition) is 7. The zero-order valence-electron chi connectivity index (χ0n) is 17.3. The normalized spacial score (nSPS) is 14.3. The minimum atomic E-state index is -3.71. The summed E-state index contributed by atoms with van der Waals surface area (Å²) in [4.78, 5) is 26.2. The topological polar surface area (TPSA) is 151 Å². The molecular formula is C21H17ClN4O6S2. The number of carbonyl (C=O) groups excluding carboxylic acids is 2. The average molecular weight is 521 g/mol. The molecule has 0 spiro atoms. The lowest BCUT2D eigenvalue weighted by Gasteiger charge is -2.08. The van der Waals surface area contributed by atoms with Gasteiger partial charge in [-0.25, -0.2) is 16.8 Å². The number of sulfonamides is 1. The Balaban J connectivity index is 0.000000172. The van der Waals surface area contributed by atoms with E-state index in [9.17, 15) is 26.4 Å². The summed E-state index contributed by atoms with van der Waals surface area (Å²) in [6.07, 6.45) is 3.39. The van der Waals surface area contributed by atoms with Crippen LogP contribution in [0, 0.1) is 0 Å². The van der Waals surface area contributed by atoms with Crippen molar-refractivity contribution >= 4 is 58.6 Å². The average Bonchev–Trinajstić information content (AvgIpc) is 3.33. The van der Waals surface area contributed by atoms with Crippen LogP contribution in [0.1, 0.15) is 11.1 Å². The second-order valence-electron chi connectivity index (χ2n) is 7.37. The van der Waals surface area contributed by atoms with Gasteiger partial charge in [0, 0.05) is 28.3 Å². The van der Waals surface area contributed by atoms with E-state index in [0.29, 0.717) is 28.2 Å². The van der Waals surface area contributed by atoms with Crippen molar-refractivity contribution in [3.05, 3.63) is 72.1 Å². The highest BCUT2D eigenvalue weighted by Gasteiger charge is 2.22. The van der Waals surface area contributed by atoms with Gasteiger partial charge in [0.2, 0.25) is 11.8 Å². The maximum Gasteiger partial charge on any atom is 0.261 e. The summed E-state index contributed by atoms with van der Waals surface area (Å²) < 4.78 is 48.9. The van der Waals surface area contributed by atoms with Crippen LogP contribution in [0.5, 0.6) is 0 Å². The van der Waals surface area contributed by atoms with E-state index in [2.05, 4.69) is 20.3 Å². The van der Waals surface area contributed by atoms with Gasteiger partial charge in [-0.1, -0.05) is 0 Å². The molecule has 0 unspecified atom stereocenters. The van der Waals surface area contributed by atoms with Crippen LogP contribution in [-0.2, 0) is 41.5 Å². The Morgan fingerprint density at radius 2 is 1.38 bits per heavy atom. The van der Waals surface area contributed by atoms with Crippen LogP contribution >= 0.6 is 10.7 Å². The van der Waals surface area contributed by atoms with Crippen molar-refractivity contribution in [3.8, 4) is 0 Å². The first kappa shape index (κ1) is 23.7. The second-order valence-corrected chi connectivity index (χ2v) is 11.6. The lowest BCUT2D eigenvalue weighted by molar-refractivity contribution is -0.115. The van der Waals surface area contributed by atoms with E-state index < -0.39 is 19.1 Å². The summed E-state index contributed by atoms with van der Waals surface area (Å²) in [5.41, 5.74) is 3.05. The number of carbonyl (C=O) groups is 2. The van der Waals surface area contributed by atoms with E-state index >= 15 is 0 Å². The summed E-state index contributed by atoms with van der Waals surface area (Å²) in [5.74, 6) is -0.265. The molecule has 176 valence electrons. The van der Waals surface area contributed by atoms with Crippen molar-refractivity contribution in [2.45, 2.75) is 22.6 Å². The number of hydrogen-bond donors (Lipinski definition) is 3. The summed E-state index contributed by atoms with van der Waals surface area (Å²) in [5, 5.41) is 5.26. The molecular weight excluding hydrogens is 504 g/mol. The molecule has 0 fully saturated rings. The number of amides is 2. The molecule has 0 atom stereocenters. The van der Waals surface area contributed by atoms with Crippen LogP contribution in [0.4, 0.5) is 17.1 Å². The van der Waals surface area contributed by atoms with E-state index in [-0.39, 0.29) is 34.4 Å². The maximum atomic E-state index is 12.2. The van der Waals surface area contributed by atoms with Crippen LogP contribution < -0.4 is 15.4 Å². The van der Waals surface area contributed by atoms with Gasteiger partial charge in [0.1, 0.15) is 0 Å². The number of pyridine rings is 1. The lowest BCUT2D eigenvalue weighted by atomic mass is 10.2. The van der Waals surface area contributed by atoms with Gasteiger partial charge >= 0.3 is 0 Å². The Labute approximate surface area is 199 Å². The first-order valence-electron chi connectivity index (χ1n) is 9.74. The molecule has 0 aliphatic carbocycles. The molecule has 2 aromatic carbocycles. The van der Waals surface area contributed by atoms with Crippen molar-refractivity contribution in [3.63, 3.8) is 0 Å². The SMILES string of the molecule is O=C1Cc2cc(S(=O)(=O)Cl)ccc2N1.O=C1Cc2cc(S(=O)(=O)Nc3cccnc3)ccc2N1. The van der Waals surface area contributed by atoms with Crippen molar-refractivity contribution in [2.24, 2.45) is 0 Å². The van der Waals surface area contributed by atoms with Gasteiger partial charge in [0.05, 0.1) is 34.5 Å². The van der Waals surface area contributed by atoms with Gasteiger partial charge in [0.25, 0.3) is 19.1 Å². The molecule has 3 N–H and O–H groups in total. The summed E-state index contributed by atoms with van der Waals surface area (Å²) in [6.45, 7) is 0. The third kappa shape index (κ3) is 5.35. The maximum absolute atomic E-state index is 12.2. The molecule has 2 aliphatic rings. The Bertz CT molecular complexity index is 1510. The molecule has 13 heteroatoms. The molecule has 1 aromatic heterocycles. The highest BCUT2D eigenvalue weighted by Crippen LogP contribution is 2.28. The molecule has 10 nitrogen and oxygen atoms in total. The molecule has 2 amide bonds. The zero-order chi connectivity index (χ0) is 24.5. The van der Waals surface area contributed by atoms with E-state index in [1.54, 1.807) is 24.4 Å². The van der Waals surface area contributed by atoms with Crippen molar-refractivity contribution in [1.82, 2.24) is 4.98 Å². The largest absolute Gasteiger partial charge is 0.326 e. The minimum absolute atomic E-state index is 0.0226. The summed E-state index contributed by atoms with van der Waals surface area (Å²) in [7, 11) is -2.23. The standard InChI is InChI=1S/C13H11N3O3S.C8H6ClNO3S/c17-13-7-9-6-11(3-4-12(9)15-13)20(18,19)16-10-2-1-5-14-8-10;9-14(12,13)6-1-2-7-5(3-6)4-8(11)10-7/h1-6,8,16H,7H2,(H,15,17);1-3H,4H2,(H,10,11). The Kier molecular flexibility index (Phi) is 6.30. The first-order chi connectivity index (χ1) is 16.0. The third-order valence-electron chi connectivity index (χ3n) is 4.91. The Hall–Kier alpha value is -3.48. The molecule has 3 aromatic rings. The predicted molar refractivity (Wildman–Crippen MR) is 126 cm³/mol. The monoisotopic (exact) mass is 520 g/mol. The quantitative estimate of drug-likeness (QED) is 0.447. The van der Waals surface area contributed by atoms with Gasteiger partial charge in [-0.05, 0) is 59.7 Å². The number of nitrogens with zero attached hydrogens (tertiary/aromatic N) is 1. The summed E-state index contributed by atoms with van der Waals surface area (Å²) >= 11 is 0. The zero-order valence-corrected chi connectivity index (χ0v) is 19.7. The van der Waals surface area contributed by atoms with Crippen LogP contribution in [0.2, 0.25) is 0 Å². The second kappa shape index (κ2) is 9.05. The lowest BCUT2D eigenvalue weighted by Crippen LogP contribution is -2.13. The predicted octanol–water partition coefficient (Wildman–Crippen LogP) is 2.49. The number of anilines is 3. The number of rotatable bonds is 4. The van der Waals surface area contributed by atoms with Crippen molar-refractivity contribution in [2.75, 3.05) is 15.4 Å². The molecule has 0 saturated heterocycles. The number of halogens is 1. The molecule has 0 bridgehead atoms. The number of aromatic nitrogens is 1. The van der Waals surface area contributed by atoms with Crippen LogP contribution in [0.15, 0.2) is 70.7 Å². The number of benzene rings is 2. The van der Waals surface area contributed by atoms with E-state index in [1.165, 1.54) is 36.5 Å². The molecule has 34 heavy (non-hydrogen) atoms. The van der Waals surface area contributed by atoms with Crippen molar-refractivity contribution < 1.29 is 26.4 Å². The van der Waals surface area contributed by atoms with E-state index in [0.717, 1.165) is 0 Å². The Morgan fingerprint density at radius 3 is 1.91 bits per heavy atom. The fourth-order valence-electron chi connectivity index (χ4n) is 3.37. The van der Waals surface area contributed by atoms with Gasteiger partial charge < -0.3 is 10.6 Å². The molecule has 5 rings (SSSR count). The number of fused-ring (bicyclic) bond motifs is 2. The van der Waals surface area contributed by atoms with E-state index in [1.807, 2.05) is 0 Å². The molecule has 0 radical (unpaired) electrons. The Morgan fingerprint density at radius 1 is 0.824 bits per heavy atom. The molecule has 2 aliphatic heterocycles. The van der Waals surface area contributed by atoms with Gasteiger partial charge in [-0.2, -0.15) is 0 Å². The highest BCUT2D eigenvalue weighted by atomic mass is 35.7. The minimum Gasteiger partial charge on any atom is -0.326 e. The molecule has 3 heterocycles. The highest BCUT2D eigenvalue weighted by molar-refractivity contribution is 8.13. The fourth-order valence-corrected chi connectivity index (χ4v) is 5.26. The van der Waals surface area contributed by atoms with Gasteiger partial charge in [0.15, 0.2) is 0 Å². The van der Waals surface area contributed by atoms with Crippen LogP contribution in [0.25, 0.3) is 0 Å². The number of nitrogens with one attached hydrogen (secondary N) is 3. The fraction of sp³-hybridized carbons (Fsp3) is 0.0952.